The number of nitrogens with zero attached hydrogens (tertiary/aromatic N) is 2. The number of carbonyl (C=O) groups excluding carboxylic acids is 4. The van der Waals surface area contributed by atoms with Crippen LogP contribution in [0.5, 0.6) is 5.75 Å². The lowest BCUT2D eigenvalue weighted by atomic mass is 9.49. The largest absolute Gasteiger partial charge is 0.507 e. The SMILES string of the molecule is O=C1[C@H]2[C@H](CC=C3[C@H]2C[C@H]2C(=O)N(Nc4ccc(F)cc4)C(=O)[C@@]2(c2ccc(Cl)cc2)[C@H]3c2ccc(O)c3ccccc23)C(=O)N1Cc1cccs1. The second-order valence-electron chi connectivity index (χ2n) is 13.9. The van der Waals surface area contributed by atoms with Gasteiger partial charge in [-0.1, -0.05) is 71.8 Å². The Morgan fingerprint density at radius 1 is 0.846 bits per heavy atom. The molecule has 3 fully saturated rings. The van der Waals surface area contributed by atoms with E-state index in [0.717, 1.165) is 15.5 Å². The van der Waals surface area contributed by atoms with Gasteiger partial charge in [0.1, 0.15) is 11.6 Å². The molecule has 1 saturated carbocycles. The minimum absolute atomic E-state index is 0.0655. The first kappa shape index (κ1) is 32.6. The van der Waals surface area contributed by atoms with Crippen LogP contribution < -0.4 is 5.43 Å². The van der Waals surface area contributed by atoms with E-state index in [1.807, 2.05) is 41.8 Å². The molecule has 52 heavy (non-hydrogen) atoms. The highest BCUT2D eigenvalue weighted by Gasteiger charge is 2.70. The number of benzene rings is 4. The minimum Gasteiger partial charge on any atom is -0.507 e. The van der Waals surface area contributed by atoms with Crippen molar-refractivity contribution >= 4 is 63.0 Å². The molecule has 6 atom stereocenters. The fourth-order valence-electron chi connectivity index (χ4n) is 9.34. The Balaban J connectivity index is 1.27. The van der Waals surface area contributed by atoms with Crippen molar-refractivity contribution in [2.24, 2.45) is 23.7 Å². The van der Waals surface area contributed by atoms with Crippen LogP contribution >= 0.6 is 22.9 Å². The summed E-state index contributed by atoms with van der Waals surface area (Å²) in [5, 5.41) is 15.6. The third-order valence-electron chi connectivity index (χ3n) is 11.5. The summed E-state index contributed by atoms with van der Waals surface area (Å²) in [6.45, 7) is 0.182. The van der Waals surface area contributed by atoms with E-state index in [0.29, 0.717) is 39.0 Å². The Bertz CT molecular complexity index is 2330. The predicted octanol–water partition coefficient (Wildman–Crippen LogP) is 7.58. The Labute approximate surface area is 307 Å². The van der Waals surface area contributed by atoms with Crippen molar-refractivity contribution in [3.05, 3.63) is 141 Å². The first-order chi connectivity index (χ1) is 25.2. The highest BCUT2D eigenvalue weighted by atomic mass is 35.5. The van der Waals surface area contributed by atoms with Gasteiger partial charge in [0.15, 0.2) is 0 Å². The molecule has 2 saturated heterocycles. The van der Waals surface area contributed by atoms with Crippen molar-refractivity contribution < 1.29 is 28.7 Å². The van der Waals surface area contributed by atoms with Gasteiger partial charge in [0, 0.05) is 21.2 Å². The number of carbonyl (C=O) groups is 4. The first-order valence-corrected chi connectivity index (χ1v) is 18.4. The summed E-state index contributed by atoms with van der Waals surface area (Å²) in [5.74, 6) is -5.51. The number of anilines is 1. The second kappa shape index (κ2) is 12.1. The molecule has 9 rings (SSSR count). The molecular formula is C41H31ClFN3O5S. The minimum atomic E-state index is -1.52. The lowest BCUT2D eigenvalue weighted by Gasteiger charge is -2.51. The van der Waals surface area contributed by atoms with Crippen LogP contribution in [0.25, 0.3) is 10.8 Å². The van der Waals surface area contributed by atoms with Crippen molar-refractivity contribution in [3.8, 4) is 5.75 Å². The van der Waals surface area contributed by atoms with Gasteiger partial charge < -0.3 is 5.11 Å². The highest BCUT2D eigenvalue weighted by Crippen LogP contribution is 2.65. The topological polar surface area (TPSA) is 107 Å². The maximum atomic E-state index is 15.4. The predicted molar refractivity (Wildman–Crippen MR) is 195 cm³/mol. The molecule has 5 aromatic rings. The van der Waals surface area contributed by atoms with E-state index in [9.17, 15) is 23.9 Å². The third-order valence-corrected chi connectivity index (χ3v) is 12.6. The van der Waals surface area contributed by atoms with Gasteiger partial charge >= 0.3 is 0 Å². The number of halogens is 2. The van der Waals surface area contributed by atoms with Crippen LogP contribution in [0.2, 0.25) is 5.02 Å². The van der Waals surface area contributed by atoms with Crippen LogP contribution in [-0.2, 0) is 31.1 Å². The van der Waals surface area contributed by atoms with Crippen molar-refractivity contribution in [2.45, 2.75) is 30.7 Å². The summed E-state index contributed by atoms with van der Waals surface area (Å²) in [6.07, 6.45) is 2.45. The Morgan fingerprint density at radius 3 is 2.33 bits per heavy atom. The molecule has 2 N–H and O–H groups in total. The fraction of sp³-hybridized carbons (Fsp3) is 0.220. The van der Waals surface area contributed by atoms with Crippen molar-refractivity contribution in [1.82, 2.24) is 9.91 Å². The smallest absolute Gasteiger partial charge is 0.260 e. The van der Waals surface area contributed by atoms with E-state index >= 15 is 4.79 Å². The molecule has 0 radical (unpaired) electrons. The number of hydrogen-bond donors (Lipinski definition) is 2. The molecule has 3 heterocycles. The zero-order valence-corrected chi connectivity index (χ0v) is 29.1. The van der Waals surface area contributed by atoms with Gasteiger partial charge in [0.05, 0.1) is 35.4 Å². The number of rotatable bonds is 6. The number of phenols is 1. The van der Waals surface area contributed by atoms with Gasteiger partial charge in [-0.05, 0) is 89.2 Å². The number of amides is 4. The second-order valence-corrected chi connectivity index (χ2v) is 15.4. The van der Waals surface area contributed by atoms with Gasteiger partial charge in [-0.2, -0.15) is 5.01 Å². The average Bonchev–Trinajstić information content (AvgIpc) is 3.82. The quantitative estimate of drug-likeness (QED) is 0.138. The number of aromatic hydroxyl groups is 1. The number of allylic oxidation sites excluding steroid dienone is 2. The van der Waals surface area contributed by atoms with Gasteiger partial charge in [-0.3, -0.25) is 29.5 Å². The molecule has 4 aromatic carbocycles. The number of nitrogens with one attached hydrogen (secondary N) is 1. The monoisotopic (exact) mass is 731 g/mol. The maximum Gasteiger partial charge on any atom is 0.260 e. The van der Waals surface area contributed by atoms with E-state index in [-0.39, 0.29) is 30.5 Å². The average molecular weight is 732 g/mol. The number of hydrogen-bond acceptors (Lipinski definition) is 7. The number of hydrazine groups is 1. The van der Waals surface area contributed by atoms with Crippen LogP contribution in [0.4, 0.5) is 10.1 Å². The van der Waals surface area contributed by atoms with Crippen LogP contribution in [0.3, 0.4) is 0 Å². The normalized spacial score (nSPS) is 26.7. The molecule has 4 aliphatic rings. The molecule has 0 bridgehead atoms. The van der Waals surface area contributed by atoms with Crippen molar-refractivity contribution in [2.75, 3.05) is 5.43 Å². The summed E-state index contributed by atoms with van der Waals surface area (Å²) >= 11 is 7.88. The Kier molecular flexibility index (Phi) is 7.60. The number of likely N-dealkylation sites (tertiary alicyclic amines) is 1. The summed E-state index contributed by atoms with van der Waals surface area (Å²) in [6, 6.07) is 26.9. The zero-order valence-electron chi connectivity index (χ0n) is 27.5. The summed E-state index contributed by atoms with van der Waals surface area (Å²) in [4.78, 5) is 60.9. The van der Waals surface area contributed by atoms with Gasteiger partial charge in [-0.25, -0.2) is 4.39 Å². The number of thiophene rings is 1. The third kappa shape index (κ3) is 4.70. The molecule has 2 aliphatic carbocycles. The van der Waals surface area contributed by atoms with Gasteiger partial charge in [-0.15, -0.1) is 11.3 Å². The molecular weight excluding hydrogens is 701 g/mol. The highest BCUT2D eigenvalue weighted by molar-refractivity contribution is 7.09. The van der Waals surface area contributed by atoms with Gasteiger partial charge in [0.25, 0.3) is 11.8 Å². The molecule has 260 valence electrons. The number of phenolic OH excluding ortho intramolecular Hbond substituents is 1. The molecule has 0 spiro atoms. The Morgan fingerprint density at radius 2 is 1.60 bits per heavy atom. The van der Waals surface area contributed by atoms with Crippen molar-refractivity contribution in [3.63, 3.8) is 0 Å². The summed E-state index contributed by atoms with van der Waals surface area (Å²) in [7, 11) is 0. The lowest BCUT2D eigenvalue weighted by Crippen LogP contribution is -2.53. The van der Waals surface area contributed by atoms with E-state index < -0.39 is 52.6 Å². The summed E-state index contributed by atoms with van der Waals surface area (Å²) in [5.41, 5.74) is 3.89. The van der Waals surface area contributed by atoms with E-state index in [4.69, 9.17) is 11.6 Å². The first-order valence-electron chi connectivity index (χ1n) is 17.1. The van der Waals surface area contributed by atoms with Crippen LogP contribution in [0.1, 0.15) is 34.8 Å². The number of imide groups is 2. The van der Waals surface area contributed by atoms with Crippen LogP contribution in [0.15, 0.2) is 114 Å². The molecule has 0 unspecified atom stereocenters. The Hall–Kier alpha value is -5.32. The van der Waals surface area contributed by atoms with E-state index in [2.05, 4.69) is 5.43 Å². The number of fused-ring (bicyclic) bond motifs is 5. The van der Waals surface area contributed by atoms with Crippen molar-refractivity contribution in [1.29, 1.82) is 0 Å². The van der Waals surface area contributed by atoms with Gasteiger partial charge in [0.2, 0.25) is 11.8 Å². The molecule has 1 aromatic heterocycles. The fourth-order valence-corrected chi connectivity index (χ4v) is 10.2. The van der Waals surface area contributed by atoms with Crippen LogP contribution in [-0.4, -0.2) is 38.6 Å². The van der Waals surface area contributed by atoms with E-state index in [1.165, 1.54) is 40.5 Å². The molecule has 11 heteroatoms. The lowest BCUT2D eigenvalue weighted by molar-refractivity contribution is -0.141. The standard InChI is InChI=1S/C41H31ClFN3O5S/c42-23-9-7-22(8-10-23)41-33(38(49)46(40(41)51)44-25-13-11-24(43)12-14-25)20-32-30(36(41)29-17-18-34(47)28-6-2-1-5-27(28)29)15-16-31-35(32)39(50)45(37(31)48)21-26-4-3-19-52-26/h1-15,17-19,31-33,35-36,44,47H,16,20-21H2/t31-,32+,33-,35-,36-,41+/m0/s1. The van der Waals surface area contributed by atoms with E-state index in [1.54, 1.807) is 42.5 Å². The molecule has 4 amide bonds. The van der Waals surface area contributed by atoms with Crippen LogP contribution in [0, 0.1) is 29.5 Å². The molecule has 2 aliphatic heterocycles. The summed E-state index contributed by atoms with van der Waals surface area (Å²) < 4.78 is 13.9. The maximum absolute atomic E-state index is 15.4. The molecule has 8 nitrogen and oxygen atoms in total. The zero-order chi connectivity index (χ0) is 35.9.